The van der Waals surface area contributed by atoms with E-state index in [1.165, 1.54) is 25.9 Å². The maximum absolute atomic E-state index is 6.09. The molecule has 0 amide bonds. The normalized spacial score (nSPS) is 29.8. The highest BCUT2D eigenvalue weighted by molar-refractivity contribution is 6.29. The Kier molecular flexibility index (Phi) is 3.63. The van der Waals surface area contributed by atoms with Crippen molar-refractivity contribution in [3.63, 3.8) is 0 Å². The lowest BCUT2D eigenvalue weighted by Crippen LogP contribution is -2.53. The summed E-state index contributed by atoms with van der Waals surface area (Å²) in [6.07, 6.45) is 2.60. The number of hydrogen-bond donors (Lipinski definition) is 1. The molecule has 3 aliphatic rings. The van der Waals surface area contributed by atoms with Crippen LogP contribution in [0.1, 0.15) is 38.4 Å². The Bertz CT molecular complexity index is 455. The molecule has 0 aliphatic carbocycles. The van der Waals surface area contributed by atoms with E-state index in [4.69, 9.17) is 11.6 Å². The molecule has 3 aliphatic heterocycles. The Labute approximate surface area is 119 Å². The number of halogens is 1. The van der Waals surface area contributed by atoms with Crippen molar-refractivity contribution in [3.8, 4) is 0 Å². The summed E-state index contributed by atoms with van der Waals surface area (Å²) in [5, 5.41) is 4.10. The fraction of sp³-hybridized carbons (Fsp3) is 0.714. The summed E-state index contributed by atoms with van der Waals surface area (Å²) in [4.78, 5) is 11.4. The van der Waals surface area contributed by atoms with Crippen LogP contribution in [-0.2, 0) is 0 Å². The lowest BCUT2D eigenvalue weighted by atomic mass is 9.84. The maximum atomic E-state index is 6.09. The number of hydrogen-bond acceptors (Lipinski definition) is 4. The molecule has 1 aromatic heterocycles. The van der Waals surface area contributed by atoms with Gasteiger partial charge in [0.1, 0.15) is 16.8 Å². The first-order chi connectivity index (χ1) is 9.11. The summed E-state index contributed by atoms with van der Waals surface area (Å²) in [6, 6.07) is 2.35. The van der Waals surface area contributed by atoms with E-state index < -0.39 is 0 Å². The zero-order valence-corrected chi connectivity index (χ0v) is 12.3. The quantitative estimate of drug-likeness (QED) is 0.865. The zero-order chi connectivity index (χ0) is 13.4. The van der Waals surface area contributed by atoms with Crippen LogP contribution in [-0.4, -0.2) is 40.5 Å². The van der Waals surface area contributed by atoms with Gasteiger partial charge in [-0.1, -0.05) is 25.4 Å². The molecule has 3 fully saturated rings. The van der Waals surface area contributed by atoms with Gasteiger partial charge in [-0.2, -0.15) is 0 Å². The minimum absolute atomic E-state index is 0.297. The van der Waals surface area contributed by atoms with E-state index in [2.05, 4.69) is 34.0 Å². The summed E-state index contributed by atoms with van der Waals surface area (Å²) >= 11 is 6.09. The Morgan fingerprint density at radius 1 is 1.32 bits per heavy atom. The smallest absolute Gasteiger partial charge is 0.135 e. The van der Waals surface area contributed by atoms with Crippen molar-refractivity contribution in [1.82, 2.24) is 14.9 Å². The average molecular weight is 281 g/mol. The van der Waals surface area contributed by atoms with Gasteiger partial charge in [-0.3, -0.25) is 0 Å². The molecule has 3 saturated heterocycles. The third kappa shape index (κ3) is 2.84. The first-order valence-corrected chi connectivity index (χ1v) is 7.53. The second kappa shape index (κ2) is 5.25. The van der Waals surface area contributed by atoms with Crippen molar-refractivity contribution < 1.29 is 0 Å². The molecule has 1 N–H and O–H groups in total. The van der Waals surface area contributed by atoms with Crippen molar-refractivity contribution in [2.75, 3.05) is 25.0 Å². The van der Waals surface area contributed by atoms with Gasteiger partial charge in [-0.05, 0) is 31.8 Å². The van der Waals surface area contributed by atoms with E-state index in [0.717, 1.165) is 24.1 Å². The molecular weight excluding hydrogens is 260 g/mol. The van der Waals surface area contributed by atoms with Crippen molar-refractivity contribution in [2.45, 2.75) is 38.6 Å². The summed E-state index contributed by atoms with van der Waals surface area (Å²) < 4.78 is 0. The molecule has 2 bridgehead atoms. The predicted molar refractivity (Wildman–Crippen MR) is 77.7 cm³/mol. The molecule has 4 heterocycles. The molecule has 1 unspecified atom stereocenters. The molecule has 0 aromatic carbocycles. The van der Waals surface area contributed by atoms with Gasteiger partial charge in [0.25, 0.3) is 0 Å². The Morgan fingerprint density at radius 3 is 2.63 bits per heavy atom. The topological polar surface area (TPSA) is 41.1 Å². The lowest BCUT2D eigenvalue weighted by molar-refractivity contribution is 0.0973. The fourth-order valence-corrected chi connectivity index (χ4v) is 3.28. The molecule has 0 spiro atoms. The summed E-state index contributed by atoms with van der Waals surface area (Å²) in [5.74, 6) is 2.77. The standard InChI is InChI=1S/C14H21ClN4/c1-9(2)14-17-12(15)7-13(18-14)16-11-8-19-5-3-10(11)4-6-19/h7,9-11H,3-6,8H2,1-2H3,(H,16,17,18). The minimum Gasteiger partial charge on any atom is -0.366 e. The van der Waals surface area contributed by atoms with Crippen LogP contribution in [0.15, 0.2) is 6.07 Å². The molecule has 4 nitrogen and oxygen atoms in total. The van der Waals surface area contributed by atoms with E-state index in [-0.39, 0.29) is 0 Å². The number of anilines is 1. The highest BCUT2D eigenvalue weighted by Crippen LogP contribution is 2.29. The zero-order valence-electron chi connectivity index (χ0n) is 11.6. The van der Waals surface area contributed by atoms with E-state index in [1.807, 2.05) is 6.07 Å². The SMILES string of the molecule is CC(C)c1nc(Cl)cc(NC2CN3CCC2CC3)n1. The van der Waals surface area contributed by atoms with E-state index >= 15 is 0 Å². The Morgan fingerprint density at radius 2 is 2.05 bits per heavy atom. The number of rotatable bonds is 3. The van der Waals surface area contributed by atoms with Gasteiger partial charge in [0.05, 0.1) is 0 Å². The van der Waals surface area contributed by atoms with Crippen molar-refractivity contribution in [1.29, 1.82) is 0 Å². The van der Waals surface area contributed by atoms with Gasteiger partial charge >= 0.3 is 0 Å². The monoisotopic (exact) mass is 280 g/mol. The van der Waals surface area contributed by atoms with Crippen LogP contribution in [0, 0.1) is 5.92 Å². The van der Waals surface area contributed by atoms with Crippen LogP contribution in [0.3, 0.4) is 0 Å². The number of nitrogens with zero attached hydrogens (tertiary/aromatic N) is 3. The largest absolute Gasteiger partial charge is 0.366 e. The number of nitrogens with one attached hydrogen (secondary N) is 1. The third-order valence-electron chi connectivity index (χ3n) is 4.22. The molecule has 104 valence electrons. The molecule has 1 atom stereocenters. The van der Waals surface area contributed by atoms with Gasteiger partial charge in [0.2, 0.25) is 0 Å². The van der Waals surface area contributed by atoms with Crippen LogP contribution >= 0.6 is 11.6 Å². The number of aromatic nitrogens is 2. The molecule has 0 saturated carbocycles. The second-order valence-electron chi connectivity index (χ2n) is 5.98. The van der Waals surface area contributed by atoms with E-state index in [1.54, 1.807) is 0 Å². The lowest BCUT2D eigenvalue weighted by Gasteiger charge is -2.45. The third-order valence-corrected chi connectivity index (χ3v) is 4.41. The Hall–Kier alpha value is -0.870. The van der Waals surface area contributed by atoms with Crippen LogP contribution in [0.5, 0.6) is 0 Å². The first-order valence-electron chi connectivity index (χ1n) is 7.15. The molecular formula is C14H21ClN4. The molecule has 19 heavy (non-hydrogen) atoms. The van der Waals surface area contributed by atoms with Gasteiger partial charge in [0.15, 0.2) is 0 Å². The van der Waals surface area contributed by atoms with Crippen molar-refractivity contribution in [3.05, 3.63) is 17.0 Å². The van der Waals surface area contributed by atoms with Gasteiger partial charge < -0.3 is 10.2 Å². The van der Waals surface area contributed by atoms with Gasteiger partial charge in [-0.15, -0.1) is 0 Å². The van der Waals surface area contributed by atoms with E-state index in [9.17, 15) is 0 Å². The molecule has 4 rings (SSSR count). The van der Waals surface area contributed by atoms with Crippen molar-refractivity contribution >= 4 is 17.4 Å². The maximum Gasteiger partial charge on any atom is 0.135 e. The van der Waals surface area contributed by atoms with Gasteiger partial charge in [-0.25, -0.2) is 9.97 Å². The van der Waals surface area contributed by atoms with Gasteiger partial charge in [0, 0.05) is 24.6 Å². The number of fused-ring (bicyclic) bond motifs is 3. The molecule has 5 heteroatoms. The summed E-state index contributed by atoms with van der Waals surface area (Å²) in [7, 11) is 0. The van der Waals surface area contributed by atoms with Crippen LogP contribution < -0.4 is 5.32 Å². The highest BCUT2D eigenvalue weighted by Gasteiger charge is 2.34. The highest BCUT2D eigenvalue weighted by atomic mass is 35.5. The second-order valence-corrected chi connectivity index (χ2v) is 6.36. The predicted octanol–water partition coefficient (Wildman–Crippen LogP) is 2.76. The van der Waals surface area contributed by atoms with Crippen LogP contribution in [0.2, 0.25) is 5.15 Å². The molecule has 1 aromatic rings. The van der Waals surface area contributed by atoms with Crippen LogP contribution in [0.25, 0.3) is 0 Å². The number of piperidine rings is 3. The average Bonchev–Trinajstić information content (AvgIpc) is 2.39. The summed E-state index contributed by atoms with van der Waals surface area (Å²) in [5.41, 5.74) is 0. The molecule has 0 radical (unpaired) electrons. The first kappa shape index (κ1) is 13.1. The fourth-order valence-electron chi connectivity index (χ4n) is 3.09. The minimum atomic E-state index is 0.297. The van der Waals surface area contributed by atoms with E-state index in [0.29, 0.717) is 17.1 Å². The van der Waals surface area contributed by atoms with Crippen molar-refractivity contribution in [2.24, 2.45) is 5.92 Å². The van der Waals surface area contributed by atoms with Crippen LogP contribution in [0.4, 0.5) is 5.82 Å². The Balaban J connectivity index is 1.76. The summed E-state index contributed by atoms with van der Waals surface area (Å²) in [6.45, 7) is 7.81.